The molecular weight excluding hydrogens is 258 g/mol. The average molecular weight is 279 g/mol. The van der Waals surface area contributed by atoms with Crippen molar-refractivity contribution in [2.24, 2.45) is 0 Å². The minimum absolute atomic E-state index is 0.412. The normalized spacial score (nSPS) is 28.3. The highest BCUT2D eigenvalue weighted by Crippen LogP contribution is 2.35. The van der Waals surface area contributed by atoms with Gasteiger partial charge in [0.15, 0.2) is 9.84 Å². The molecule has 106 valence electrons. The number of hydrogen-bond acceptors (Lipinski definition) is 6. The maximum Gasteiger partial charge on any atom is 0.327 e. The molecule has 18 heavy (non-hydrogen) atoms. The fraction of sp³-hybridized carbons (Fsp3) is 0.909. The SMILES string of the molecule is COCCNC1(C(=O)OC)CCCC1S(C)(=O)=O. The third-order valence-electron chi connectivity index (χ3n) is 3.40. The van der Waals surface area contributed by atoms with Crippen molar-refractivity contribution in [3.05, 3.63) is 0 Å². The molecule has 0 aromatic carbocycles. The number of sulfone groups is 1. The van der Waals surface area contributed by atoms with Gasteiger partial charge in [0.1, 0.15) is 5.54 Å². The molecule has 0 amide bonds. The van der Waals surface area contributed by atoms with Crippen molar-refractivity contribution >= 4 is 15.8 Å². The molecule has 2 atom stereocenters. The Morgan fingerprint density at radius 1 is 1.44 bits per heavy atom. The predicted octanol–water partition coefficient (Wildman–Crippen LogP) is -0.269. The van der Waals surface area contributed by atoms with Gasteiger partial charge in [-0.2, -0.15) is 0 Å². The number of esters is 1. The van der Waals surface area contributed by atoms with E-state index in [4.69, 9.17) is 9.47 Å². The molecular formula is C11H21NO5S. The molecule has 0 bridgehead atoms. The van der Waals surface area contributed by atoms with Crippen molar-refractivity contribution in [2.75, 3.05) is 33.6 Å². The molecule has 1 rings (SSSR count). The fourth-order valence-corrected chi connectivity index (χ4v) is 4.24. The Morgan fingerprint density at radius 3 is 2.61 bits per heavy atom. The van der Waals surface area contributed by atoms with Gasteiger partial charge in [0.05, 0.1) is 19.0 Å². The van der Waals surface area contributed by atoms with Gasteiger partial charge >= 0.3 is 5.97 Å². The molecule has 0 radical (unpaired) electrons. The van der Waals surface area contributed by atoms with Crippen LogP contribution in [0, 0.1) is 0 Å². The molecule has 0 aromatic heterocycles. The van der Waals surface area contributed by atoms with E-state index < -0.39 is 26.6 Å². The summed E-state index contributed by atoms with van der Waals surface area (Å²) in [6.07, 6.45) is 2.81. The van der Waals surface area contributed by atoms with E-state index in [2.05, 4.69) is 5.32 Å². The van der Waals surface area contributed by atoms with Gasteiger partial charge in [-0.25, -0.2) is 8.42 Å². The Labute approximate surface area is 108 Å². The minimum atomic E-state index is -3.31. The van der Waals surface area contributed by atoms with Crippen LogP contribution in [0.25, 0.3) is 0 Å². The first-order valence-electron chi connectivity index (χ1n) is 5.89. The van der Waals surface area contributed by atoms with E-state index in [-0.39, 0.29) is 0 Å². The molecule has 0 aliphatic heterocycles. The summed E-state index contributed by atoms with van der Waals surface area (Å²) in [4.78, 5) is 12.0. The van der Waals surface area contributed by atoms with Crippen LogP contribution in [0.4, 0.5) is 0 Å². The lowest BCUT2D eigenvalue weighted by Crippen LogP contribution is -2.60. The Bertz CT molecular complexity index is 394. The Morgan fingerprint density at radius 2 is 2.11 bits per heavy atom. The molecule has 1 aliphatic rings. The summed E-state index contributed by atoms with van der Waals surface area (Å²) in [7, 11) is -0.478. The predicted molar refractivity (Wildman–Crippen MR) is 67.1 cm³/mol. The smallest absolute Gasteiger partial charge is 0.327 e. The minimum Gasteiger partial charge on any atom is -0.468 e. The highest BCUT2D eigenvalue weighted by Gasteiger charge is 2.54. The second-order valence-electron chi connectivity index (χ2n) is 4.59. The fourth-order valence-electron chi connectivity index (χ4n) is 2.62. The van der Waals surface area contributed by atoms with E-state index in [1.54, 1.807) is 7.11 Å². The van der Waals surface area contributed by atoms with Gasteiger partial charge in [-0.05, 0) is 19.3 Å². The number of methoxy groups -OCH3 is 2. The lowest BCUT2D eigenvalue weighted by atomic mass is 9.97. The first kappa shape index (κ1) is 15.4. The van der Waals surface area contributed by atoms with Gasteiger partial charge < -0.3 is 9.47 Å². The van der Waals surface area contributed by atoms with Gasteiger partial charge in [-0.15, -0.1) is 0 Å². The number of rotatable bonds is 6. The zero-order valence-corrected chi connectivity index (χ0v) is 11.9. The van der Waals surface area contributed by atoms with Crippen molar-refractivity contribution in [1.82, 2.24) is 5.32 Å². The molecule has 1 saturated carbocycles. The van der Waals surface area contributed by atoms with E-state index >= 15 is 0 Å². The van der Waals surface area contributed by atoms with Gasteiger partial charge in [0, 0.05) is 19.9 Å². The second-order valence-corrected chi connectivity index (χ2v) is 6.82. The van der Waals surface area contributed by atoms with Crippen LogP contribution in [0.2, 0.25) is 0 Å². The Balaban J connectivity index is 2.99. The van der Waals surface area contributed by atoms with Crippen LogP contribution in [0.1, 0.15) is 19.3 Å². The zero-order chi connectivity index (χ0) is 13.8. The van der Waals surface area contributed by atoms with Crippen molar-refractivity contribution in [3.63, 3.8) is 0 Å². The summed E-state index contributed by atoms with van der Waals surface area (Å²) in [6.45, 7) is 0.826. The first-order chi connectivity index (χ1) is 8.38. The average Bonchev–Trinajstić information content (AvgIpc) is 2.73. The summed E-state index contributed by atoms with van der Waals surface area (Å²) in [5.74, 6) is -0.508. The summed E-state index contributed by atoms with van der Waals surface area (Å²) >= 11 is 0. The summed E-state index contributed by atoms with van der Waals surface area (Å²) in [6, 6.07) is 0. The lowest BCUT2D eigenvalue weighted by Gasteiger charge is -2.32. The largest absolute Gasteiger partial charge is 0.468 e. The van der Waals surface area contributed by atoms with Gasteiger partial charge in [-0.1, -0.05) is 0 Å². The zero-order valence-electron chi connectivity index (χ0n) is 11.1. The number of ether oxygens (including phenoxy) is 2. The van der Waals surface area contributed by atoms with Crippen molar-refractivity contribution < 1.29 is 22.7 Å². The van der Waals surface area contributed by atoms with E-state index in [0.29, 0.717) is 32.4 Å². The highest BCUT2D eigenvalue weighted by atomic mass is 32.2. The number of hydrogen-bond donors (Lipinski definition) is 1. The van der Waals surface area contributed by atoms with Crippen LogP contribution in [-0.2, 0) is 24.1 Å². The molecule has 1 aliphatic carbocycles. The number of carbonyl (C=O) groups excluding carboxylic acids is 1. The van der Waals surface area contributed by atoms with E-state index in [1.165, 1.54) is 13.4 Å². The highest BCUT2D eigenvalue weighted by molar-refractivity contribution is 7.91. The Kier molecular flexibility index (Phi) is 5.12. The van der Waals surface area contributed by atoms with E-state index in [9.17, 15) is 13.2 Å². The maximum atomic E-state index is 12.0. The molecule has 7 heteroatoms. The van der Waals surface area contributed by atoms with E-state index in [0.717, 1.165) is 0 Å². The molecule has 0 saturated heterocycles. The molecule has 1 N–H and O–H groups in total. The molecule has 1 fully saturated rings. The number of carbonyl (C=O) groups is 1. The topological polar surface area (TPSA) is 81.7 Å². The summed E-state index contributed by atoms with van der Waals surface area (Å²) in [5.41, 5.74) is -1.12. The van der Waals surface area contributed by atoms with Crippen LogP contribution < -0.4 is 5.32 Å². The van der Waals surface area contributed by atoms with Crippen molar-refractivity contribution in [1.29, 1.82) is 0 Å². The molecule has 2 unspecified atom stereocenters. The number of nitrogens with one attached hydrogen (secondary N) is 1. The van der Waals surface area contributed by atoms with Gasteiger partial charge in [-0.3, -0.25) is 10.1 Å². The second kappa shape index (κ2) is 5.99. The first-order valence-corrected chi connectivity index (χ1v) is 7.85. The van der Waals surface area contributed by atoms with Crippen LogP contribution in [0.5, 0.6) is 0 Å². The van der Waals surface area contributed by atoms with Crippen LogP contribution in [0.3, 0.4) is 0 Å². The van der Waals surface area contributed by atoms with Crippen LogP contribution >= 0.6 is 0 Å². The van der Waals surface area contributed by atoms with E-state index in [1.807, 2.05) is 0 Å². The maximum absolute atomic E-state index is 12.0. The molecule has 6 nitrogen and oxygen atoms in total. The van der Waals surface area contributed by atoms with Crippen molar-refractivity contribution in [2.45, 2.75) is 30.1 Å². The Hall–Kier alpha value is -0.660. The van der Waals surface area contributed by atoms with Gasteiger partial charge in [0.25, 0.3) is 0 Å². The van der Waals surface area contributed by atoms with Crippen LogP contribution in [0.15, 0.2) is 0 Å². The molecule has 0 aromatic rings. The monoisotopic (exact) mass is 279 g/mol. The lowest BCUT2D eigenvalue weighted by molar-refractivity contribution is -0.148. The molecule has 0 spiro atoms. The molecule has 0 heterocycles. The summed E-state index contributed by atoms with van der Waals surface area (Å²) < 4.78 is 33.4. The standard InChI is InChI=1S/C11H21NO5S/c1-16-8-7-12-11(10(13)17-2)6-4-5-9(11)18(3,14)15/h9,12H,4-8H2,1-3H3. The third-order valence-corrected chi connectivity index (χ3v) is 5.07. The van der Waals surface area contributed by atoms with Gasteiger partial charge in [0.2, 0.25) is 0 Å². The summed E-state index contributed by atoms with van der Waals surface area (Å²) in [5, 5.41) is 2.30. The van der Waals surface area contributed by atoms with Crippen LogP contribution in [-0.4, -0.2) is 58.8 Å². The third kappa shape index (κ3) is 3.02. The van der Waals surface area contributed by atoms with Crippen molar-refractivity contribution in [3.8, 4) is 0 Å². The quantitative estimate of drug-likeness (QED) is 0.532.